The van der Waals surface area contributed by atoms with Crippen LogP contribution in [0, 0.1) is 17.0 Å². The van der Waals surface area contributed by atoms with Gasteiger partial charge in [-0.2, -0.15) is 4.37 Å². The van der Waals surface area contributed by atoms with Crippen molar-refractivity contribution in [1.29, 1.82) is 0 Å². The van der Waals surface area contributed by atoms with Crippen molar-refractivity contribution >= 4 is 28.0 Å². The topological polar surface area (TPSA) is 95.6 Å². The lowest BCUT2D eigenvalue weighted by atomic mass is 10.1. The van der Waals surface area contributed by atoms with E-state index in [4.69, 9.17) is 0 Å². The molecule has 2 aromatic rings. The fourth-order valence-corrected chi connectivity index (χ4v) is 3.35. The third-order valence-corrected chi connectivity index (χ3v) is 4.70. The average molecular weight is 335 g/mol. The highest BCUT2D eigenvalue weighted by molar-refractivity contribution is 7.09. The van der Waals surface area contributed by atoms with Gasteiger partial charge in [0.05, 0.1) is 11.5 Å². The Balaban J connectivity index is 1.78. The number of aromatic nitrogens is 2. The minimum Gasteiger partial charge on any atom is -0.392 e. The lowest BCUT2D eigenvalue weighted by molar-refractivity contribution is -0.384. The summed E-state index contributed by atoms with van der Waals surface area (Å²) < 4.78 is 4.19. The lowest BCUT2D eigenvalue weighted by Crippen LogP contribution is -2.46. The average Bonchev–Trinajstić information content (AvgIpc) is 3.01. The standard InChI is InChI=1S/C14H17N5O3S/c1-10-15-14(23-16-10)18-6-4-17(5-7-18)13-8-11(9-20)2-3-12(13)19(21)22/h2-3,8,20H,4-7,9H2,1H3. The van der Waals surface area contributed by atoms with Gasteiger partial charge in [-0.05, 0) is 24.6 Å². The molecule has 1 aliphatic rings. The summed E-state index contributed by atoms with van der Waals surface area (Å²) in [6.45, 7) is 4.52. The molecular weight excluding hydrogens is 318 g/mol. The number of rotatable bonds is 4. The van der Waals surface area contributed by atoms with Gasteiger partial charge in [-0.15, -0.1) is 0 Å². The van der Waals surface area contributed by atoms with E-state index in [-0.39, 0.29) is 17.2 Å². The van der Waals surface area contributed by atoms with Gasteiger partial charge >= 0.3 is 0 Å². The first kappa shape index (κ1) is 15.6. The minimum absolute atomic E-state index is 0.0717. The van der Waals surface area contributed by atoms with Crippen molar-refractivity contribution < 1.29 is 10.0 Å². The van der Waals surface area contributed by atoms with Gasteiger partial charge in [0.2, 0.25) is 5.13 Å². The van der Waals surface area contributed by atoms with Crippen molar-refractivity contribution in [1.82, 2.24) is 9.36 Å². The quantitative estimate of drug-likeness (QED) is 0.669. The molecule has 23 heavy (non-hydrogen) atoms. The molecule has 3 rings (SSSR count). The van der Waals surface area contributed by atoms with Crippen molar-refractivity contribution in [3.05, 3.63) is 39.7 Å². The molecule has 122 valence electrons. The Kier molecular flexibility index (Phi) is 4.39. The normalized spacial score (nSPS) is 15.0. The molecule has 0 spiro atoms. The molecule has 1 saturated heterocycles. The molecule has 8 nitrogen and oxygen atoms in total. The number of anilines is 2. The van der Waals surface area contributed by atoms with E-state index in [9.17, 15) is 15.2 Å². The maximum atomic E-state index is 11.2. The molecule has 1 aromatic heterocycles. The molecule has 0 aliphatic carbocycles. The van der Waals surface area contributed by atoms with Gasteiger partial charge in [0.25, 0.3) is 5.69 Å². The maximum absolute atomic E-state index is 11.2. The molecule has 0 radical (unpaired) electrons. The molecule has 0 amide bonds. The van der Waals surface area contributed by atoms with Crippen LogP contribution in [0.5, 0.6) is 0 Å². The van der Waals surface area contributed by atoms with E-state index in [1.54, 1.807) is 12.1 Å². The molecule has 0 unspecified atom stereocenters. The SMILES string of the molecule is Cc1nsc(N2CCN(c3cc(CO)ccc3[N+](=O)[O-])CC2)n1. The summed E-state index contributed by atoms with van der Waals surface area (Å²) in [7, 11) is 0. The highest BCUT2D eigenvalue weighted by Crippen LogP contribution is 2.31. The zero-order chi connectivity index (χ0) is 16.4. The fraction of sp³-hybridized carbons (Fsp3) is 0.429. The number of hydrogen-bond acceptors (Lipinski definition) is 8. The molecule has 1 N–H and O–H groups in total. The Morgan fingerprint density at radius 1 is 1.30 bits per heavy atom. The van der Waals surface area contributed by atoms with Gasteiger partial charge in [0.15, 0.2) is 0 Å². The summed E-state index contributed by atoms with van der Waals surface area (Å²) in [6, 6.07) is 4.74. The molecule has 0 saturated carbocycles. The van der Waals surface area contributed by atoms with E-state index in [2.05, 4.69) is 14.3 Å². The number of piperazine rings is 1. The van der Waals surface area contributed by atoms with Crippen LogP contribution < -0.4 is 9.80 Å². The van der Waals surface area contributed by atoms with E-state index < -0.39 is 0 Å². The van der Waals surface area contributed by atoms with E-state index in [1.165, 1.54) is 17.6 Å². The van der Waals surface area contributed by atoms with Crippen LogP contribution in [0.1, 0.15) is 11.4 Å². The summed E-state index contributed by atoms with van der Waals surface area (Å²) in [5.41, 5.74) is 1.31. The number of aliphatic hydroxyl groups excluding tert-OH is 1. The molecule has 9 heteroatoms. The van der Waals surface area contributed by atoms with Crippen LogP contribution in [-0.2, 0) is 6.61 Å². The molecule has 1 aromatic carbocycles. The van der Waals surface area contributed by atoms with Gasteiger partial charge in [0, 0.05) is 43.8 Å². The zero-order valence-corrected chi connectivity index (χ0v) is 13.5. The van der Waals surface area contributed by atoms with Gasteiger partial charge in [0.1, 0.15) is 11.5 Å². The molecular formula is C14H17N5O3S. The van der Waals surface area contributed by atoms with Crippen molar-refractivity contribution in [2.75, 3.05) is 36.0 Å². The number of aryl methyl sites for hydroxylation is 1. The highest BCUT2D eigenvalue weighted by atomic mass is 32.1. The van der Waals surface area contributed by atoms with Crippen molar-refractivity contribution in [3.63, 3.8) is 0 Å². The largest absolute Gasteiger partial charge is 0.392 e. The van der Waals surface area contributed by atoms with Crippen molar-refractivity contribution in [2.24, 2.45) is 0 Å². The Labute approximate surface area is 137 Å². The van der Waals surface area contributed by atoms with Crippen LogP contribution in [0.15, 0.2) is 18.2 Å². The van der Waals surface area contributed by atoms with E-state index >= 15 is 0 Å². The van der Waals surface area contributed by atoms with Crippen molar-refractivity contribution in [2.45, 2.75) is 13.5 Å². The number of aliphatic hydroxyl groups is 1. The highest BCUT2D eigenvalue weighted by Gasteiger charge is 2.25. The van der Waals surface area contributed by atoms with Gasteiger partial charge in [-0.1, -0.05) is 0 Å². The second kappa shape index (κ2) is 6.47. The van der Waals surface area contributed by atoms with Crippen LogP contribution in [0.3, 0.4) is 0 Å². The lowest BCUT2D eigenvalue weighted by Gasteiger charge is -2.35. The van der Waals surface area contributed by atoms with Crippen LogP contribution in [0.4, 0.5) is 16.5 Å². The van der Waals surface area contributed by atoms with E-state index in [1.807, 2.05) is 11.8 Å². The number of nitro benzene ring substituents is 1. The molecule has 2 heterocycles. The number of benzene rings is 1. The third kappa shape index (κ3) is 3.25. The first-order valence-corrected chi connectivity index (χ1v) is 8.04. The first-order valence-electron chi connectivity index (χ1n) is 7.27. The van der Waals surface area contributed by atoms with E-state index in [0.717, 1.165) is 24.0 Å². The summed E-state index contributed by atoms with van der Waals surface area (Å²) in [6.07, 6.45) is 0. The second-order valence-electron chi connectivity index (χ2n) is 5.34. The van der Waals surface area contributed by atoms with E-state index in [0.29, 0.717) is 24.3 Å². The number of nitrogens with zero attached hydrogens (tertiary/aromatic N) is 5. The maximum Gasteiger partial charge on any atom is 0.292 e. The zero-order valence-electron chi connectivity index (χ0n) is 12.7. The van der Waals surface area contributed by atoms with Gasteiger partial charge < -0.3 is 14.9 Å². The summed E-state index contributed by atoms with van der Waals surface area (Å²) >= 11 is 1.37. The van der Waals surface area contributed by atoms with Crippen LogP contribution >= 0.6 is 11.5 Å². The summed E-state index contributed by atoms with van der Waals surface area (Å²) in [4.78, 5) is 19.4. The Bertz CT molecular complexity index is 712. The molecule has 0 atom stereocenters. The monoisotopic (exact) mass is 335 g/mol. The van der Waals surface area contributed by atoms with Crippen LogP contribution in [-0.4, -0.2) is 45.6 Å². The fourth-order valence-electron chi connectivity index (χ4n) is 2.63. The summed E-state index contributed by atoms with van der Waals surface area (Å²) in [5, 5.41) is 21.4. The smallest absolute Gasteiger partial charge is 0.292 e. The predicted octanol–water partition coefficient (Wildman–Crippen LogP) is 1.57. The Hall–Kier alpha value is -2.26. The Morgan fingerprint density at radius 2 is 2.00 bits per heavy atom. The Morgan fingerprint density at radius 3 is 2.57 bits per heavy atom. The number of nitro groups is 1. The number of hydrogen-bond donors (Lipinski definition) is 1. The van der Waals surface area contributed by atoms with Crippen LogP contribution in [0.25, 0.3) is 0 Å². The minimum atomic E-state index is -0.378. The predicted molar refractivity (Wildman–Crippen MR) is 88.1 cm³/mol. The first-order chi connectivity index (χ1) is 11.1. The summed E-state index contributed by atoms with van der Waals surface area (Å²) in [5.74, 6) is 0.763. The van der Waals surface area contributed by atoms with Gasteiger partial charge in [-0.3, -0.25) is 10.1 Å². The molecule has 1 fully saturated rings. The van der Waals surface area contributed by atoms with Crippen LogP contribution in [0.2, 0.25) is 0 Å². The van der Waals surface area contributed by atoms with Crippen molar-refractivity contribution in [3.8, 4) is 0 Å². The molecule has 0 bridgehead atoms. The molecule has 1 aliphatic heterocycles. The van der Waals surface area contributed by atoms with Gasteiger partial charge in [-0.25, -0.2) is 4.98 Å². The third-order valence-electron chi connectivity index (χ3n) is 3.83. The second-order valence-corrected chi connectivity index (χ2v) is 6.07.